The summed E-state index contributed by atoms with van der Waals surface area (Å²) in [5.41, 5.74) is 0. The number of rotatable bonds is 8. The zero-order valence-corrected chi connectivity index (χ0v) is 11.8. The van der Waals surface area contributed by atoms with Crippen LogP contribution in [0.5, 0.6) is 0 Å². The van der Waals surface area contributed by atoms with E-state index in [1.165, 1.54) is 0 Å². The van der Waals surface area contributed by atoms with Gasteiger partial charge in [-0.25, -0.2) is 0 Å². The molecule has 0 rings (SSSR count). The van der Waals surface area contributed by atoms with Crippen LogP contribution in [0.15, 0.2) is 0 Å². The maximum Gasteiger partial charge on any atom is 0.236 e. The largest absolute Gasteiger partial charge is 0.396 e. The molecule has 17 heavy (non-hydrogen) atoms. The van der Waals surface area contributed by atoms with Crippen molar-refractivity contribution in [1.82, 2.24) is 10.6 Å². The Morgan fingerprint density at radius 3 is 2.24 bits per heavy atom. The van der Waals surface area contributed by atoms with Crippen molar-refractivity contribution in [2.24, 2.45) is 11.8 Å². The van der Waals surface area contributed by atoms with E-state index in [-0.39, 0.29) is 30.5 Å². The smallest absolute Gasteiger partial charge is 0.236 e. The molecule has 3 N–H and O–H groups in total. The molecule has 0 aromatic rings. The van der Waals surface area contributed by atoms with Crippen molar-refractivity contribution >= 4 is 5.91 Å². The van der Waals surface area contributed by atoms with Crippen molar-refractivity contribution < 1.29 is 9.90 Å². The molecular weight excluding hydrogens is 216 g/mol. The Morgan fingerprint density at radius 1 is 1.18 bits per heavy atom. The van der Waals surface area contributed by atoms with Gasteiger partial charge in [0.2, 0.25) is 5.91 Å². The van der Waals surface area contributed by atoms with Crippen molar-refractivity contribution in [2.75, 3.05) is 13.2 Å². The van der Waals surface area contributed by atoms with Gasteiger partial charge in [0, 0.05) is 19.2 Å². The molecule has 0 aromatic carbocycles. The molecule has 4 heteroatoms. The van der Waals surface area contributed by atoms with Crippen molar-refractivity contribution in [3.05, 3.63) is 0 Å². The quantitative estimate of drug-likeness (QED) is 0.600. The van der Waals surface area contributed by atoms with Crippen molar-refractivity contribution in [3.8, 4) is 0 Å². The molecule has 0 spiro atoms. The van der Waals surface area contributed by atoms with Gasteiger partial charge in [-0.3, -0.25) is 4.79 Å². The molecule has 0 heterocycles. The van der Waals surface area contributed by atoms with Gasteiger partial charge in [-0.1, -0.05) is 20.8 Å². The summed E-state index contributed by atoms with van der Waals surface area (Å²) in [6.45, 7) is 10.9. The van der Waals surface area contributed by atoms with Gasteiger partial charge in [0.25, 0.3) is 0 Å². The lowest BCUT2D eigenvalue weighted by Gasteiger charge is -2.23. The first-order valence-electron chi connectivity index (χ1n) is 6.53. The molecule has 4 nitrogen and oxygen atoms in total. The average Bonchev–Trinajstić information content (AvgIpc) is 2.26. The predicted octanol–water partition coefficient (Wildman–Crippen LogP) is 1.14. The fourth-order valence-electron chi connectivity index (χ4n) is 1.43. The molecule has 0 fully saturated rings. The number of nitrogens with one attached hydrogen (secondary N) is 2. The predicted molar refractivity (Wildman–Crippen MR) is 70.8 cm³/mol. The summed E-state index contributed by atoms with van der Waals surface area (Å²) in [7, 11) is 0. The fraction of sp³-hybridized carbons (Fsp3) is 0.923. The third-order valence-corrected chi connectivity index (χ3v) is 3.07. The minimum absolute atomic E-state index is 0.0302. The van der Waals surface area contributed by atoms with Crippen molar-refractivity contribution in [1.29, 1.82) is 0 Å². The second kappa shape index (κ2) is 8.48. The monoisotopic (exact) mass is 244 g/mol. The van der Waals surface area contributed by atoms with E-state index in [4.69, 9.17) is 5.11 Å². The molecule has 0 radical (unpaired) electrons. The highest BCUT2D eigenvalue weighted by atomic mass is 16.3. The van der Waals surface area contributed by atoms with Crippen molar-refractivity contribution in [2.45, 2.75) is 53.1 Å². The van der Waals surface area contributed by atoms with Gasteiger partial charge < -0.3 is 15.7 Å². The van der Waals surface area contributed by atoms with Crippen LogP contribution in [0, 0.1) is 11.8 Å². The Morgan fingerprint density at radius 2 is 1.76 bits per heavy atom. The molecule has 3 unspecified atom stereocenters. The Hall–Kier alpha value is -0.610. The molecule has 0 aromatic heterocycles. The van der Waals surface area contributed by atoms with Crippen LogP contribution in [-0.2, 0) is 4.79 Å². The zero-order valence-electron chi connectivity index (χ0n) is 11.8. The Balaban J connectivity index is 3.88. The van der Waals surface area contributed by atoms with Gasteiger partial charge >= 0.3 is 0 Å². The van der Waals surface area contributed by atoms with Crippen LogP contribution in [0.1, 0.15) is 41.0 Å². The number of amides is 1. The molecule has 0 aliphatic carbocycles. The standard InChI is InChI=1S/C13H28N2O2/c1-9(2)6-7-14-13(17)12(5)15-11(4)10(3)8-16/h9-12,15-16H,6-8H2,1-5H3,(H,14,17). The number of carbonyl (C=O) groups is 1. The summed E-state index contributed by atoms with van der Waals surface area (Å²) in [6.07, 6.45) is 1.00. The molecule has 0 bridgehead atoms. The third kappa shape index (κ3) is 7.34. The molecule has 1 amide bonds. The minimum atomic E-state index is -0.217. The van der Waals surface area contributed by atoms with Crippen molar-refractivity contribution in [3.63, 3.8) is 0 Å². The van der Waals surface area contributed by atoms with E-state index in [0.717, 1.165) is 13.0 Å². The first-order valence-corrected chi connectivity index (χ1v) is 6.53. The van der Waals surface area contributed by atoms with Gasteiger partial charge in [-0.15, -0.1) is 0 Å². The van der Waals surface area contributed by atoms with E-state index in [1.54, 1.807) is 0 Å². The van der Waals surface area contributed by atoms with Crippen LogP contribution >= 0.6 is 0 Å². The van der Waals surface area contributed by atoms with E-state index < -0.39 is 0 Å². The van der Waals surface area contributed by atoms with E-state index in [2.05, 4.69) is 24.5 Å². The molecule has 0 aliphatic heterocycles. The van der Waals surface area contributed by atoms with E-state index in [9.17, 15) is 4.79 Å². The topological polar surface area (TPSA) is 61.4 Å². The Kier molecular flexibility index (Phi) is 8.17. The van der Waals surface area contributed by atoms with Gasteiger partial charge in [0.15, 0.2) is 0 Å². The van der Waals surface area contributed by atoms with Crippen LogP contribution in [0.25, 0.3) is 0 Å². The number of carbonyl (C=O) groups excluding carboxylic acids is 1. The Labute approximate surface area is 105 Å². The summed E-state index contributed by atoms with van der Waals surface area (Å²) in [6, 6.07) is -0.0861. The second-order valence-electron chi connectivity index (χ2n) is 5.31. The lowest BCUT2D eigenvalue weighted by atomic mass is 10.0. The van der Waals surface area contributed by atoms with Crippen LogP contribution in [0.3, 0.4) is 0 Å². The summed E-state index contributed by atoms with van der Waals surface area (Å²) >= 11 is 0. The first kappa shape index (κ1) is 16.4. The lowest BCUT2D eigenvalue weighted by molar-refractivity contribution is -0.123. The summed E-state index contributed by atoms with van der Waals surface area (Å²) in [4.78, 5) is 11.7. The highest BCUT2D eigenvalue weighted by molar-refractivity contribution is 5.81. The van der Waals surface area contributed by atoms with Gasteiger partial charge in [0.05, 0.1) is 6.04 Å². The van der Waals surface area contributed by atoms with Crippen LogP contribution in [0.2, 0.25) is 0 Å². The highest BCUT2D eigenvalue weighted by Gasteiger charge is 2.18. The number of aliphatic hydroxyl groups excluding tert-OH is 1. The van der Waals surface area contributed by atoms with Gasteiger partial charge in [0.1, 0.15) is 0 Å². The number of hydrogen-bond acceptors (Lipinski definition) is 3. The van der Waals surface area contributed by atoms with Gasteiger partial charge in [-0.05, 0) is 32.1 Å². The maximum atomic E-state index is 11.7. The molecule has 0 saturated heterocycles. The molecule has 0 aliphatic rings. The minimum Gasteiger partial charge on any atom is -0.396 e. The van der Waals surface area contributed by atoms with Gasteiger partial charge in [-0.2, -0.15) is 0 Å². The third-order valence-electron chi connectivity index (χ3n) is 3.07. The molecule has 102 valence electrons. The maximum absolute atomic E-state index is 11.7. The van der Waals surface area contributed by atoms with E-state index in [1.807, 2.05) is 20.8 Å². The zero-order chi connectivity index (χ0) is 13.4. The van der Waals surface area contributed by atoms with Crippen LogP contribution < -0.4 is 10.6 Å². The van der Waals surface area contributed by atoms with Crippen LogP contribution in [0.4, 0.5) is 0 Å². The highest BCUT2D eigenvalue weighted by Crippen LogP contribution is 2.02. The van der Waals surface area contributed by atoms with E-state index >= 15 is 0 Å². The molecular formula is C13H28N2O2. The van der Waals surface area contributed by atoms with E-state index in [0.29, 0.717) is 5.92 Å². The number of hydrogen-bond donors (Lipinski definition) is 3. The van der Waals surface area contributed by atoms with Crippen LogP contribution in [-0.4, -0.2) is 36.2 Å². The SMILES string of the molecule is CC(C)CCNC(=O)C(C)NC(C)C(C)CO. The lowest BCUT2D eigenvalue weighted by Crippen LogP contribution is -2.48. The first-order chi connectivity index (χ1) is 7.88. The molecule has 0 saturated carbocycles. The fourth-order valence-corrected chi connectivity index (χ4v) is 1.43. The summed E-state index contributed by atoms with van der Waals surface area (Å²) in [5, 5.41) is 15.1. The number of aliphatic hydroxyl groups is 1. The summed E-state index contributed by atoms with van der Waals surface area (Å²) < 4.78 is 0. The second-order valence-corrected chi connectivity index (χ2v) is 5.31. The normalized spacial score (nSPS) is 16.6. The summed E-state index contributed by atoms with van der Waals surface area (Å²) in [5.74, 6) is 0.787. The average molecular weight is 244 g/mol. The Bertz CT molecular complexity index is 219. The molecule has 3 atom stereocenters.